The lowest BCUT2D eigenvalue weighted by Gasteiger charge is -2.36. The highest BCUT2D eigenvalue weighted by Crippen LogP contribution is 2.62. The molecule has 11 aromatic rings. The van der Waals surface area contributed by atoms with Gasteiger partial charge in [-0.2, -0.15) is 0 Å². The largest absolute Gasteiger partial charge is 0.456 e. The fourth-order valence-corrected chi connectivity index (χ4v) is 10.8. The second-order valence-electron chi connectivity index (χ2n) is 16.8. The maximum Gasteiger partial charge on any atom is 0.135 e. The normalized spacial score (nSPS) is 14.4. The highest BCUT2D eigenvalue weighted by atomic mass is 16.3. The average molecular weight is 802 g/mol. The molecule has 0 saturated heterocycles. The number of benzene rings is 10. The Morgan fingerprint density at radius 1 is 0.270 bits per heavy atom. The first-order valence-electron chi connectivity index (χ1n) is 21.7. The third-order valence-electron chi connectivity index (χ3n) is 13.5. The SMILES string of the molecule is c1ccc(-c2ccc(N(c3ccc(-c4ccccc4)cc3)c3ccc4c(c3)-c3ccccc3-c3ccccc3C43c4ccccc4-c4cc5c(cc43)oc3ccccc35)cc2)cc1. The number of hydrogen-bond acceptors (Lipinski definition) is 2. The smallest absolute Gasteiger partial charge is 0.135 e. The predicted octanol–water partition coefficient (Wildman–Crippen LogP) is 16.4. The van der Waals surface area contributed by atoms with E-state index in [2.05, 4.69) is 241 Å². The van der Waals surface area contributed by atoms with Crippen molar-refractivity contribution in [2.75, 3.05) is 4.90 Å². The summed E-state index contributed by atoms with van der Waals surface area (Å²) in [7, 11) is 0. The minimum absolute atomic E-state index is 0.637. The van der Waals surface area contributed by atoms with Crippen molar-refractivity contribution in [3.63, 3.8) is 0 Å². The summed E-state index contributed by atoms with van der Waals surface area (Å²) in [5.74, 6) is 0. The first-order chi connectivity index (χ1) is 31.2. The van der Waals surface area contributed by atoms with Gasteiger partial charge in [0.25, 0.3) is 0 Å². The van der Waals surface area contributed by atoms with Crippen molar-refractivity contribution < 1.29 is 4.42 Å². The van der Waals surface area contributed by atoms with Gasteiger partial charge in [-0.25, -0.2) is 0 Å². The molecule has 1 heterocycles. The van der Waals surface area contributed by atoms with Crippen molar-refractivity contribution in [3.05, 3.63) is 259 Å². The zero-order chi connectivity index (χ0) is 41.5. The molecule has 294 valence electrons. The van der Waals surface area contributed by atoms with E-state index in [4.69, 9.17) is 4.42 Å². The van der Waals surface area contributed by atoms with Gasteiger partial charge >= 0.3 is 0 Å². The Morgan fingerprint density at radius 3 is 1.33 bits per heavy atom. The molecule has 63 heavy (non-hydrogen) atoms. The lowest BCUT2D eigenvalue weighted by molar-refractivity contribution is 0.666. The van der Waals surface area contributed by atoms with Crippen LogP contribution in [0.1, 0.15) is 22.3 Å². The van der Waals surface area contributed by atoms with Crippen LogP contribution in [0.3, 0.4) is 0 Å². The summed E-state index contributed by atoms with van der Waals surface area (Å²) in [5, 5.41) is 2.28. The predicted molar refractivity (Wildman–Crippen MR) is 261 cm³/mol. The number of fused-ring (bicyclic) bond motifs is 15. The third kappa shape index (κ3) is 5.32. The van der Waals surface area contributed by atoms with Crippen molar-refractivity contribution in [1.29, 1.82) is 0 Å². The van der Waals surface area contributed by atoms with E-state index in [0.717, 1.165) is 39.0 Å². The zero-order valence-corrected chi connectivity index (χ0v) is 34.4. The van der Waals surface area contributed by atoms with E-state index < -0.39 is 5.41 Å². The second-order valence-corrected chi connectivity index (χ2v) is 16.8. The number of furan rings is 1. The lowest BCUT2D eigenvalue weighted by atomic mass is 9.66. The number of hydrogen-bond donors (Lipinski definition) is 0. The van der Waals surface area contributed by atoms with Gasteiger partial charge in [0.2, 0.25) is 0 Å². The Morgan fingerprint density at radius 2 is 0.714 bits per heavy atom. The molecule has 0 saturated carbocycles. The minimum Gasteiger partial charge on any atom is -0.456 e. The zero-order valence-electron chi connectivity index (χ0n) is 34.4. The highest BCUT2D eigenvalue weighted by Gasteiger charge is 2.50. The summed E-state index contributed by atoms with van der Waals surface area (Å²) >= 11 is 0. The van der Waals surface area contributed by atoms with Crippen LogP contribution in [0.15, 0.2) is 241 Å². The molecular weight excluding hydrogens is 763 g/mol. The van der Waals surface area contributed by atoms with Crippen molar-refractivity contribution in [2.45, 2.75) is 5.41 Å². The first kappa shape index (κ1) is 35.5. The van der Waals surface area contributed by atoms with E-state index in [-0.39, 0.29) is 0 Å². The molecule has 0 amide bonds. The molecule has 0 fully saturated rings. The fraction of sp³-hybridized carbons (Fsp3) is 0.0164. The van der Waals surface area contributed by atoms with E-state index >= 15 is 0 Å². The van der Waals surface area contributed by atoms with Gasteiger partial charge in [0.1, 0.15) is 11.2 Å². The summed E-state index contributed by atoms with van der Waals surface area (Å²) < 4.78 is 6.69. The van der Waals surface area contributed by atoms with Crippen LogP contribution in [0.4, 0.5) is 17.1 Å². The van der Waals surface area contributed by atoms with Crippen molar-refractivity contribution in [1.82, 2.24) is 0 Å². The van der Waals surface area contributed by atoms with Gasteiger partial charge in [-0.1, -0.05) is 182 Å². The average Bonchev–Trinajstić information content (AvgIpc) is 3.83. The summed E-state index contributed by atoms with van der Waals surface area (Å²) in [5.41, 5.74) is 21.7. The Balaban J connectivity index is 1.08. The molecule has 0 radical (unpaired) electrons. The Kier molecular flexibility index (Phi) is 7.85. The van der Waals surface area contributed by atoms with Gasteiger partial charge in [0.05, 0.1) is 5.41 Å². The summed E-state index contributed by atoms with van der Waals surface area (Å²) in [6.07, 6.45) is 0. The molecule has 2 aliphatic carbocycles. The van der Waals surface area contributed by atoms with Crippen molar-refractivity contribution in [2.24, 2.45) is 0 Å². The highest BCUT2D eigenvalue weighted by molar-refractivity contribution is 6.09. The Labute approximate surface area is 366 Å². The number of anilines is 3. The van der Waals surface area contributed by atoms with Gasteiger partial charge in [0, 0.05) is 27.8 Å². The van der Waals surface area contributed by atoms with Crippen molar-refractivity contribution in [3.8, 4) is 55.6 Å². The van der Waals surface area contributed by atoms with Gasteiger partial charge in [-0.05, 0) is 132 Å². The fourth-order valence-electron chi connectivity index (χ4n) is 10.8. The summed E-state index contributed by atoms with van der Waals surface area (Å²) in [6.45, 7) is 0. The molecule has 0 N–H and O–H groups in total. The van der Waals surface area contributed by atoms with E-state index in [9.17, 15) is 0 Å². The van der Waals surface area contributed by atoms with Gasteiger partial charge in [0.15, 0.2) is 0 Å². The molecule has 13 rings (SSSR count). The number of rotatable bonds is 5. The van der Waals surface area contributed by atoms with Gasteiger partial charge < -0.3 is 9.32 Å². The van der Waals surface area contributed by atoms with E-state index in [1.54, 1.807) is 0 Å². The molecule has 0 aliphatic heterocycles. The van der Waals surface area contributed by atoms with E-state index in [1.807, 2.05) is 0 Å². The van der Waals surface area contributed by atoms with Gasteiger partial charge in [-0.3, -0.25) is 0 Å². The third-order valence-corrected chi connectivity index (χ3v) is 13.5. The topological polar surface area (TPSA) is 16.4 Å². The Bertz CT molecular complexity index is 3470. The molecule has 2 aliphatic rings. The minimum atomic E-state index is -0.637. The van der Waals surface area contributed by atoms with E-state index in [1.165, 1.54) is 77.9 Å². The maximum absolute atomic E-state index is 6.69. The van der Waals surface area contributed by atoms with Crippen LogP contribution in [-0.4, -0.2) is 0 Å². The van der Waals surface area contributed by atoms with Crippen LogP contribution >= 0.6 is 0 Å². The first-order valence-corrected chi connectivity index (χ1v) is 21.7. The Hall–Kier alpha value is -8.20. The molecule has 1 spiro atoms. The summed E-state index contributed by atoms with van der Waals surface area (Å²) in [4.78, 5) is 2.41. The molecule has 1 aromatic heterocycles. The van der Waals surface area contributed by atoms with Gasteiger partial charge in [-0.15, -0.1) is 0 Å². The quantitative estimate of drug-likeness (QED) is 0.172. The second kappa shape index (κ2) is 13.9. The number of nitrogens with zero attached hydrogens (tertiary/aromatic N) is 1. The molecule has 1 unspecified atom stereocenters. The number of para-hydroxylation sites is 1. The maximum atomic E-state index is 6.69. The molecule has 2 heteroatoms. The molecule has 0 bridgehead atoms. The standard InChI is InChI=1S/C61H39NO/c1-3-15-40(16-4-1)42-27-31-44(32-28-42)62(45-33-29-43(30-34-45)41-17-5-2-6-18-41)46-35-36-57-52(37-46)48-20-8-7-19-47(48)49-21-9-12-24-55(49)61(57)56-25-13-10-22-50(56)53-38-54-51-23-11-14-26-59(51)63-60(54)39-58(53)61/h1-39H. The monoisotopic (exact) mass is 801 g/mol. The van der Waals surface area contributed by atoms with Crippen LogP contribution < -0.4 is 4.90 Å². The van der Waals surface area contributed by atoms with Crippen LogP contribution in [0, 0.1) is 0 Å². The molecular formula is C61H39NO. The van der Waals surface area contributed by atoms with Crippen molar-refractivity contribution >= 4 is 39.0 Å². The summed E-state index contributed by atoms with van der Waals surface area (Å²) in [6, 6.07) is 86.7. The molecule has 1 atom stereocenters. The lowest BCUT2D eigenvalue weighted by Crippen LogP contribution is -2.29. The molecule has 10 aromatic carbocycles. The van der Waals surface area contributed by atoms with Crippen LogP contribution in [0.25, 0.3) is 77.6 Å². The van der Waals surface area contributed by atoms with Crippen LogP contribution in [-0.2, 0) is 5.41 Å². The molecule has 2 nitrogen and oxygen atoms in total. The van der Waals surface area contributed by atoms with Crippen LogP contribution in [0.5, 0.6) is 0 Å². The van der Waals surface area contributed by atoms with Crippen LogP contribution in [0.2, 0.25) is 0 Å². The van der Waals surface area contributed by atoms with E-state index in [0.29, 0.717) is 0 Å².